The number of carbonyl (C=O) groups excluding carboxylic acids is 2. The largest absolute Gasteiger partial charge is 0.299 e. The molecule has 3 unspecified atom stereocenters. The molecule has 0 aliphatic heterocycles. The molecule has 2 aliphatic carbocycles. The van der Waals surface area contributed by atoms with Gasteiger partial charge < -0.3 is 0 Å². The van der Waals surface area contributed by atoms with E-state index in [-0.39, 0.29) is 23.4 Å². The fourth-order valence-corrected chi connectivity index (χ4v) is 2.74. The van der Waals surface area contributed by atoms with Crippen LogP contribution in [0.25, 0.3) is 0 Å². The summed E-state index contributed by atoms with van der Waals surface area (Å²) >= 11 is 0. The highest BCUT2D eigenvalue weighted by Gasteiger charge is 2.41. The molecule has 0 aromatic rings. The molecule has 2 rings (SSSR count). The van der Waals surface area contributed by atoms with E-state index in [1.54, 1.807) is 6.92 Å². The topological polar surface area (TPSA) is 34.1 Å². The number of ketones is 2. The van der Waals surface area contributed by atoms with Crippen molar-refractivity contribution in [3.05, 3.63) is 0 Å². The molecule has 72 valence electrons. The van der Waals surface area contributed by atoms with Crippen LogP contribution >= 0.6 is 0 Å². The van der Waals surface area contributed by atoms with Gasteiger partial charge in [-0.3, -0.25) is 9.59 Å². The van der Waals surface area contributed by atoms with Crippen molar-refractivity contribution in [1.82, 2.24) is 0 Å². The molecule has 0 spiro atoms. The first-order chi connectivity index (χ1) is 6.20. The van der Waals surface area contributed by atoms with Crippen molar-refractivity contribution < 1.29 is 9.59 Å². The summed E-state index contributed by atoms with van der Waals surface area (Å²) in [5.41, 5.74) is 0. The fraction of sp³-hybridized carbons (Fsp3) is 0.818. The van der Waals surface area contributed by atoms with Crippen LogP contribution < -0.4 is 0 Å². The predicted octanol–water partition coefficient (Wildman–Crippen LogP) is 1.97. The van der Waals surface area contributed by atoms with Crippen LogP contribution in [-0.2, 0) is 9.59 Å². The van der Waals surface area contributed by atoms with Gasteiger partial charge in [-0.15, -0.1) is 0 Å². The molecule has 2 heteroatoms. The van der Waals surface area contributed by atoms with E-state index in [9.17, 15) is 9.59 Å². The second-order valence-electron chi connectivity index (χ2n) is 4.45. The Balaban J connectivity index is 2.17. The summed E-state index contributed by atoms with van der Waals surface area (Å²) in [5, 5.41) is 0. The predicted molar refractivity (Wildman–Crippen MR) is 49.2 cm³/mol. The lowest BCUT2D eigenvalue weighted by Gasteiger charge is -2.35. The third-order valence-electron chi connectivity index (χ3n) is 3.65. The Kier molecular flexibility index (Phi) is 2.22. The van der Waals surface area contributed by atoms with Crippen LogP contribution in [0.1, 0.15) is 39.0 Å². The van der Waals surface area contributed by atoms with Crippen LogP contribution in [0.3, 0.4) is 0 Å². The van der Waals surface area contributed by atoms with Gasteiger partial charge in [0.25, 0.3) is 0 Å². The maximum atomic E-state index is 11.7. The van der Waals surface area contributed by atoms with E-state index in [0.717, 1.165) is 12.8 Å². The number of carbonyl (C=O) groups is 2. The standard InChI is InChI=1S/C11H16O2/c1-7-10(12)6-8-4-2-3-5-9(8)11(7)13/h7-9H,2-6H2,1H3. The zero-order valence-corrected chi connectivity index (χ0v) is 8.08. The highest BCUT2D eigenvalue weighted by atomic mass is 16.2. The molecule has 0 saturated heterocycles. The Morgan fingerprint density at radius 1 is 1.15 bits per heavy atom. The zero-order valence-electron chi connectivity index (χ0n) is 8.08. The maximum absolute atomic E-state index is 11.7. The normalized spacial score (nSPS) is 40.2. The Morgan fingerprint density at radius 2 is 1.85 bits per heavy atom. The van der Waals surface area contributed by atoms with Gasteiger partial charge >= 0.3 is 0 Å². The quantitative estimate of drug-likeness (QED) is 0.534. The molecule has 2 saturated carbocycles. The van der Waals surface area contributed by atoms with Crippen LogP contribution in [0.5, 0.6) is 0 Å². The minimum atomic E-state index is -0.306. The fourth-order valence-electron chi connectivity index (χ4n) is 2.74. The van der Waals surface area contributed by atoms with Crippen LogP contribution in [0, 0.1) is 17.8 Å². The molecule has 0 aromatic heterocycles. The van der Waals surface area contributed by atoms with E-state index >= 15 is 0 Å². The number of Topliss-reactive ketones (excluding diaryl/α,β-unsaturated/α-hetero) is 2. The number of hydrogen-bond acceptors (Lipinski definition) is 2. The summed E-state index contributed by atoms with van der Waals surface area (Å²) in [5.74, 6) is 0.708. The molecular weight excluding hydrogens is 164 g/mol. The zero-order chi connectivity index (χ0) is 9.42. The van der Waals surface area contributed by atoms with E-state index in [1.807, 2.05) is 0 Å². The van der Waals surface area contributed by atoms with Gasteiger partial charge in [-0.1, -0.05) is 12.8 Å². The lowest BCUT2D eigenvalue weighted by Crippen LogP contribution is -2.41. The molecule has 0 aromatic carbocycles. The lowest BCUT2D eigenvalue weighted by atomic mass is 9.67. The van der Waals surface area contributed by atoms with Crippen molar-refractivity contribution in [3.8, 4) is 0 Å². The van der Waals surface area contributed by atoms with Gasteiger partial charge in [0, 0.05) is 12.3 Å². The van der Waals surface area contributed by atoms with Gasteiger partial charge in [-0.25, -0.2) is 0 Å². The smallest absolute Gasteiger partial charge is 0.146 e. The molecule has 0 radical (unpaired) electrons. The van der Waals surface area contributed by atoms with Crippen molar-refractivity contribution in [1.29, 1.82) is 0 Å². The van der Waals surface area contributed by atoms with Crippen LogP contribution in [0.2, 0.25) is 0 Å². The third kappa shape index (κ3) is 1.43. The molecule has 0 amide bonds. The van der Waals surface area contributed by atoms with Crippen molar-refractivity contribution in [2.24, 2.45) is 17.8 Å². The summed E-state index contributed by atoms with van der Waals surface area (Å²) in [7, 11) is 0. The van der Waals surface area contributed by atoms with Crippen LogP contribution in [0.15, 0.2) is 0 Å². The van der Waals surface area contributed by atoms with Gasteiger partial charge in [0.2, 0.25) is 0 Å². The Bertz CT molecular complexity index is 244. The minimum Gasteiger partial charge on any atom is -0.299 e. The number of hydrogen-bond donors (Lipinski definition) is 0. The summed E-state index contributed by atoms with van der Waals surface area (Å²) in [6, 6.07) is 0. The SMILES string of the molecule is CC1C(=O)CC2CCCCC2C1=O. The van der Waals surface area contributed by atoms with Gasteiger partial charge in [-0.2, -0.15) is 0 Å². The van der Waals surface area contributed by atoms with Crippen molar-refractivity contribution in [2.75, 3.05) is 0 Å². The Hall–Kier alpha value is -0.660. The summed E-state index contributed by atoms with van der Waals surface area (Å²) < 4.78 is 0. The average Bonchev–Trinajstić information content (AvgIpc) is 2.15. The first kappa shape index (κ1) is 8.92. The molecule has 0 bridgehead atoms. The van der Waals surface area contributed by atoms with E-state index in [0.29, 0.717) is 12.3 Å². The number of rotatable bonds is 0. The molecule has 13 heavy (non-hydrogen) atoms. The van der Waals surface area contributed by atoms with Crippen LogP contribution in [-0.4, -0.2) is 11.6 Å². The third-order valence-corrected chi connectivity index (χ3v) is 3.65. The van der Waals surface area contributed by atoms with E-state index in [1.165, 1.54) is 12.8 Å². The molecule has 2 fully saturated rings. The Morgan fingerprint density at radius 3 is 2.62 bits per heavy atom. The maximum Gasteiger partial charge on any atom is 0.146 e. The molecular formula is C11H16O2. The monoisotopic (exact) mass is 180 g/mol. The highest BCUT2D eigenvalue weighted by molar-refractivity contribution is 6.05. The summed E-state index contributed by atoms with van der Waals surface area (Å²) in [6.07, 6.45) is 5.16. The second kappa shape index (κ2) is 3.24. The average molecular weight is 180 g/mol. The van der Waals surface area contributed by atoms with E-state index in [2.05, 4.69) is 0 Å². The van der Waals surface area contributed by atoms with Crippen LogP contribution in [0.4, 0.5) is 0 Å². The Labute approximate surface area is 78.7 Å². The van der Waals surface area contributed by atoms with Crippen molar-refractivity contribution in [3.63, 3.8) is 0 Å². The first-order valence-corrected chi connectivity index (χ1v) is 5.26. The van der Waals surface area contributed by atoms with Gasteiger partial charge in [0.1, 0.15) is 11.6 Å². The molecule has 0 heterocycles. The molecule has 3 atom stereocenters. The lowest BCUT2D eigenvalue weighted by molar-refractivity contribution is -0.142. The summed E-state index contributed by atoms with van der Waals surface area (Å²) in [4.78, 5) is 23.2. The molecule has 0 N–H and O–H groups in total. The second-order valence-corrected chi connectivity index (χ2v) is 4.45. The highest BCUT2D eigenvalue weighted by Crippen LogP contribution is 2.38. The van der Waals surface area contributed by atoms with Gasteiger partial charge in [0.05, 0.1) is 5.92 Å². The first-order valence-electron chi connectivity index (χ1n) is 5.26. The van der Waals surface area contributed by atoms with Gasteiger partial charge in [-0.05, 0) is 25.7 Å². The van der Waals surface area contributed by atoms with E-state index in [4.69, 9.17) is 0 Å². The number of fused-ring (bicyclic) bond motifs is 1. The summed E-state index contributed by atoms with van der Waals surface area (Å²) in [6.45, 7) is 1.77. The molecule has 2 aliphatic rings. The van der Waals surface area contributed by atoms with Crippen molar-refractivity contribution >= 4 is 11.6 Å². The van der Waals surface area contributed by atoms with E-state index < -0.39 is 0 Å². The van der Waals surface area contributed by atoms with Crippen molar-refractivity contribution in [2.45, 2.75) is 39.0 Å². The molecule has 2 nitrogen and oxygen atoms in total. The minimum absolute atomic E-state index is 0.174. The van der Waals surface area contributed by atoms with Gasteiger partial charge in [0.15, 0.2) is 0 Å².